The molecule has 5 heteroatoms. The summed E-state index contributed by atoms with van der Waals surface area (Å²) in [6.45, 7) is 11.8. The fourth-order valence-corrected chi connectivity index (χ4v) is 11.5. The molecule has 0 saturated carbocycles. The first-order valence-corrected chi connectivity index (χ1v) is 32.8. The first kappa shape index (κ1) is 65.9. The molecule has 0 amide bonds. The molecule has 0 aliphatic heterocycles. The van der Waals surface area contributed by atoms with Gasteiger partial charge in [0.15, 0.2) is 0 Å². The third-order valence-corrected chi connectivity index (χ3v) is 16.3. The van der Waals surface area contributed by atoms with E-state index >= 15 is 0 Å². The van der Waals surface area contributed by atoms with Crippen LogP contribution in [0.4, 0.5) is 0 Å². The minimum Gasteiger partial charge on any atom is -0.324 e. The van der Waals surface area contributed by atoms with Crippen LogP contribution < -0.4 is 0 Å². The van der Waals surface area contributed by atoms with Crippen LogP contribution in [0.1, 0.15) is 361 Å². The van der Waals surface area contributed by atoms with E-state index in [4.69, 9.17) is 0 Å². The van der Waals surface area contributed by atoms with E-state index in [9.17, 15) is 13.0 Å². The molecule has 0 aromatic rings. The van der Waals surface area contributed by atoms with Gasteiger partial charge in [-0.05, 0) is 51.4 Å². The normalized spacial score (nSPS) is 12.2. The van der Waals surface area contributed by atoms with Crippen molar-refractivity contribution in [1.29, 1.82) is 0 Å². The lowest BCUT2D eigenvalue weighted by Gasteiger charge is -2.39. The van der Waals surface area contributed by atoms with Crippen LogP contribution in [0, 0.1) is 0 Å². The van der Waals surface area contributed by atoms with Gasteiger partial charge in [-0.3, -0.25) is 4.55 Å². The number of quaternary nitrogens is 1. The highest BCUT2D eigenvalue weighted by Gasteiger charge is 2.26. The number of hydrogen-bond donors (Lipinski definition) is 1. The van der Waals surface area contributed by atoms with Crippen molar-refractivity contribution in [3.63, 3.8) is 0 Å². The molecule has 0 bridgehead atoms. The van der Waals surface area contributed by atoms with Crippen molar-refractivity contribution in [3.8, 4) is 0 Å². The predicted molar refractivity (Wildman–Crippen MR) is 298 cm³/mol. The molecule has 0 heterocycles. The molecular formula is C61H126NO3S+. The lowest BCUT2D eigenvalue weighted by atomic mass is 10.0. The second-order valence-electron chi connectivity index (χ2n) is 22.2. The first-order chi connectivity index (χ1) is 32.4. The number of unbranched alkanes of at least 4 members (excludes halogenated alkanes) is 49. The van der Waals surface area contributed by atoms with Gasteiger partial charge >= 0.3 is 0 Å². The Bertz CT molecular complexity index is 907. The molecule has 0 aliphatic rings. The Kier molecular flexibility index (Phi) is 54.1. The molecule has 0 unspecified atom stereocenters. The van der Waals surface area contributed by atoms with Gasteiger partial charge in [-0.15, -0.1) is 0 Å². The van der Waals surface area contributed by atoms with Crippen molar-refractivity contribution in [2.75, 3.05) is 31.9 Å². The van der Waals surface area contributed by atoms with Gasteiger partial charge in [-0.2, -0.15) is 8.42 Å². The fourth-order valence-electron chi connectivity index (χ4n) is 10.9. The van der Waals surface area contributed by atoms with Gasteiger partial charge < -0.3 is 4.48 Å². The highest BCUT2D eigenvalue weighted by molar-refractivity contribution is 7.85. The summed E-state index contributed by atoms with van der Waals surface area (Å²) in [6, 6.07) is 0. The first-order valence-electron chi connectivity index (χ1n) is 31.2. The van der Waals surface area contributed by atoms with Crippen molar-refractivity contribution in [2.45, 2.75) is 361 Å². The maximum atomic E-state index is 11.6. The third kappa shape index (κ3) is 53.2. The lowest BCUT2D eigenvalue weighted by Crippen LogP contribution is -2.51. The van der Waals surface area contributed by atoms with Crippen LogP contribution in [0.25, 0.3) is 0 Å². The summed E-state index contributed by atoms with van der Waals surface area (Å²) >= 11 is 0. The molecule has 0 aromatic heterocycles. The van der Waals surface area contributed by atoms with Crippen molar-refractivity contribution in [3.05, 3.63) is 0 Å². The SMILES string of the molecule is CCCCCCCCCCCCCCCCCCC[N+](CCCCCCCCCCCCCCCCCCC)(CCCCCCCCCCCCCCCCCCC)CCCCS(=O)(=O)O. The van der Waals surface area contributed by atoms with Gasteiger partial charge in [0, 0.05) is 0 Å². The Morgan fingerprint density at radius 3 is 0.515 bits per heavy atom. The Balaban J connectivity index is 4.72. The van der Waals surface area contributed by atoms with E-state index in [1.807, 2.05) is 0 Å². The quantitative estimate of drug-likeness (QED) is 0.0375. The largest absolute Gasteiger partial charge is 0.324 e. The molecule has 4 nitrogen and oxygen atoms in total. The van der Waals surface area contributed by atoms with E-state index in [-0.39, 0.29) is 5.75 Å². The zero-order valence-corrected chi connectivity index (χ0v) is 46.9. The average molecular weight is 954 g/mol. The van der Waals surface area contributed by atoms with E-state index < -0.39 is 10.1 Å². The van der Waals surface area contributed by atoms with Crippen LogP contribution in [-0.4, -0.2) is 49.4 Å². The van der Waals surface area contributed by atoms with Crippen LogP contribution in [0.15, 0.2) is 0 Å². The summed E-state index contributed by atoms with van der Waals surface area (Å²) in [6.07, 6.45) is 73.6. The van der Waals surface area contributed by atoms with Gasteiger partial charge in [-0.1, -0.05) is 310 Å². The van der Waals surface area contributed by atoms with Crippen LogP contribution >= 0.6 is 0 Å². The van der Waals surface area contributed by atoms with E-state index in [0.717, 1.165) is 13.0 Å². The molecule has 0 fully saturated rings. The van der Waals surface area contributed by atoms with E-state index in [1.54, 1.807) is 0 Å². The summed E-state index contributed by atoms with van der Waals surface area (Å²) in [5, 5.41) is 0. The third-order valence-electron chi connectivity index (χ3n) is 15.5. The number of rotatable bonds is 59. The molecule has 0 aromatic carbocycles. The van der Waals surface area contributed by atoms with Crippen molar-refractivity contribution < 1.29 is 17.5 Å². The summed E-state index contributed by atoms with van der Waals surface area (Å²) in [5.74, 6) is -0.0790. The fraction of sp³-hybridized carbons (Fsp3) is 1.00. The Hall–Kier alpha value is -0.130. The summed E-state index contributed by atoms with van der Waals surface area (Å²) in [7, 11) is -3.88. The highest BCUT2D eigenvalue weighted by atomic mass is 32.2. The van der Waals surface area contributed by atoms with E-state index in [0.29, 0.717) is 6.42 Å². The van der Waals surface area contributed by atoms with Crippen LogP contribution in [-0.2, 0) is 10.1 Å². The molecular weight excluding hydrogens is 827 g/mol. The number of nitrogens with zero attached hydrogens (tertiary/aromatic N) is 1. The molecule has 0 saturated heterocycles. The van der Waals surface area contributed by atoms with Crippen molar-refractivity contribution in [1.82, 2.24) is 0 Å². The second-order valence-corrected chi connectivity index (χ2v) is 23.8. The molecule has 0 aliphatic carbocycles. The average Bonchev–Trinajstić information content (AvgIpc) is 3.30. The number of hydrogen-bond acceptors (Lipinski definition) is 2. The maximum Gasteiger partial charge on any atom is 0.264 e. The summed E-state index contributed by atoms with van der Waals surface area (Å²) in [5.41, 5.74) is 0. The Morgan fingerprint density at radius 1 is 0.227 bits per heavy atom. The van der Waals surface area contributed by atoms with Crippen LogP contribution in [0.2, 0.25) is 0 Å². The molecule has 0 radical (unpaired) electrons. The van der Waals surface area contributed by atoms with E-state index in [2.05, 4.69) is 20.8 Å². The van der Waals surface area contributed by atoms with Gasteiger partial charge in [0.2, 0.25) is 0 Å². The maximum absolute atomic E-state index is 11.6. The van der Waals surface area contributed by atoms with Crippen molar-refractivity contribution in [2.24, 2.45) is 0 Å². The molecule has 0 atom stereocenters. The topological polar surface area (TPSA) is 54.4 Å². The standard InChI is InChI=1S/C61H125NO3S/c1-4-7-10-13-16-19-22-25-28-31-34-37-40-43-46-49-52-57-62(60-55-56-61-66(63,64)65,58-53-50-47-44-41-38-35-32-29-26-23-20-17-14-11-8-5-2)59-54-51-48-45-42-39-36-33-30-27-24-21-18-15-12-9-6-3/h4-61H2,1-3H3/p+1. The monoisotopic (exact) mass is 953 g/mol. The lowest BCUT2D eigenvalue weighted by molar-refractivity contribution is -0.929. The summed E-state index contributed by atoms with van der Waals surface area (Å²) < 4.78 is 34.0. The minimum atomic E-state index is -3.88. The smallest absolute Gasteiger partial charge is 0.264 e. The van der Waals surface area contributed by atoms with Gasteiger partial charge in [-0.25, -0.2) is 0 Å². The zero-order valence-electron chi connectivity index (χ0n) is 46.1. The molecule has 398 valence electrons. The van der Waals surface area contributed by atoms with Gasteiger partial charge in [0.1, 0.15) is 0 Å². The Labute approximate surface area is 418 Å². The van der Waals surface area contributed by atoms with Gasteiger partial charge in [0.05, 0.1) is 31.9 Å². The molecule has 1 N–H and O–H groups in total. The van der Waals surface area contributed by atoms with Gasteiger partial charge in [0.25, 0.3) is 10.1 Å². The minimum absolute atomic E-state index is 0.0790. The second kappa shape index (κ2) is 54.2. The highest BCUT2D eigenvalue weighted by Crippen LogP contribution is 2.22. The van der Waals surface area contributed by atoms with Crippen LogP contribution in [0.5, 0.6) is 0 Å². The predicted octanol–water partition coefficient (Wildman–Crippen LogP) is 21.4. The van der Waals surface area contributed by atoms with Crippen LogP contribution in [0.3, 0.4) is 0 Å². The summed E-state index contributed by atoms with van der Waals surface area (Å²) in [4.78, 5) is 0. The molecule has 0 spiro atoms. The molecule has 0 rings (SSSR count). The Morgan fingerprint density at radius 2 is 0.364 bits per heavy atom. The van der Waals surface area contributed by atoms with E-state index in [1.165, 1.54) is 352 Å². The zero-order chi connectivity index (χ0) is 48.0. The molecule has 66 heavy (non-hydrogen) atoms. The van der Waals surface area contributed by atoms with Crippen molar-refractivity contribution >= 4 is 10.1 Å².